The third kappa shape index (κ3) is 5.93. The zero-order valence-corrected chi connectivity index (χ0v) is 16.8. The van der Waals surface area contributed by atoms with Crippen LogP contribution in [0.2, 0.25) is 0 Å². The van der Waals surface area contributed by atoms with Gasteiger partial charge in [0.2, 0.25) is 0 Å². The summed E-state index contributed by atoms with van der Waals surface area (Å²) < 4.78 is 35.9. The summed E-state index contributed by atoms with van der Waals surface area (Å²) in [6, 6.07) is 0. The molecule has 3 aliphatic rings. The second-order valence-electron chi connectivity index (χ2n) is 8.78. The molecule has 25 heavy (non-hydrogen) atoms. The fourth-order valence-corrected chi connectivity index (χ4v) is 5.94. The molecule has 0 atom stereocenters. The summed E-state index contributed by atoms with van der Waals surface area (Å²) in [5.74, 6) is 0.877. The van der Waals surface area contributed by atoms with Gasteiger partial charge in [0.15, 0.2) is 0 Å². The van der Waals surface area contributed by atoms with Gasteiger partial charge in [-0.25, -0.2) is 8.42 Å². The van der Waals surface area contributed by atoms with Crippen LogP contribution in [0.4, 0.5) is 0 Å². The molecule has 3 fully saturated rings. The van der Waals surface area contributed by atoms with E-state index >= 15 is 0 Å². The van der Waals surface area contributed by atoms with Crippen LogP contribution in [0.15, 0.2) is 0 Å². The predicted octanol–water partition coefficient (Wildman–Crippen LogP) is 4.27. The lowest BCUT2D eigenvalue weighted by Gasteiger charge is -2.36. The summed E-state index contributed by atoms with van der Waals surface area (Å²) in [5, 5.41) is -0.144. The molecule has 0 N–H and O–H groups in total. The third-order valence-corrected chi connectivity index (χ3v) is 8.26. The highest BCUT2D eigenvalue weighted by molar-refractivity contribution is 7.91. The van der Waals surface area contributed by atoms with Gasteiger partial charge in [-0.3, -0.25) is 0 Å². The number of rotatable bonds is 5. The van der Waals surface area contributed by atoms with Crippen molar-refractivity contribution in [2.75, 3.05) is 6.26 Å². The average molecular weight is 373 g/mol. The SMILES string of the molecule is CC1CCC(OC2CCC(OC3CCC(S(C)(=O)=O)CC3)CC2)CC1. The van der Waals surface area contributed by atoms with E-state index in [1.165, 1.54) is 31.9 Å². The van der Waals surface area contributed by atoms with Crippen molar-refractivity contribution in [1.82, 2.24) is 0 Å². The van der Waals surface area contributed by atoms with E-state index in [1.54, 1.807) is 0 Å². The van der Waals surface area contributed by atoms with Crippen molar-refractivity contribution >= 4 is 9.84 Å². The zero-order chi connectivity index (χ0) is 17.9. The van der Waals surface area contributed by atoms with Crippen LogP contribution in [0, 0.1) is 5.92 Å². The maximum atomic E-state index is 11.6. The minimum atomic E-state index is -2.88. The van der Waals surface area contributed by atoms with Gasteiger partial charge in [-0.2, -0.15) is 0 Å². The molecular formula is C20H36O4S. The van der Waals surface area contributed by atoms with Gasteiger partial charge >= 0.3 is 0 Å². The van der Waals surface area contributed by atoms with Gasteiger partial charge in [0.1, 0.15) is 9.84 Å². The summed E-state index contributed by atoms with van der Waals surface area (Å²) in [7, 11) is -2.88. The Kier molecular flexibility index (Phi) is 6.83. The van der Waals surface area contributed by atoms with Gasteiger partial charge in [0.25, 0.3) is 0 Å². The van der Waals surface area contributed by atoms with Gasteiger partial charge in [-0.15, -0.1) is 0 Å². The Morgan fingerprint density at radius 3 is 1.28 bits per heavy atom. The first-order chi connectivity index (χ1) is 11.9. The molecule has 3 saturated carbocycles. The fraction of sp³-hybridized carbons (Fsp3) is 1.00. The normalized spacial score (nSPS) is 40.7. The van der Waals surface area contributed by atoms with E-state index in [0.29, 0.717) is 18.3 Å². The molecule has 0 radical (unpaired) electrons. The molecule has 0 aromatic heterocycles. The topological polar surface area (TPSA) is 52.6 Å². The molecule has 3 rings (SSSR count). The van der Waals surface area contributed by atoms with E-state index in [0.717, 1.165) is 57.3 Å². The molecule has 146 valence electrons. The summed E-state index contributed by atoms with van der Waals surface area (Å²) in [6.45, 7) is 2.35. The van der Waals surface area contributed by atoms with Crippen LogP contribution in [0.1, 0.15) is 84.0 Å². The van der Waals surface area contributed by atoms with Crippen LogP contribution in [0.25, 0.3) is 0 Å². The van der Waals surface area contributed by atoms with Crippen molar-refractivity contribution in [1.29, 1.82) is 0 Å². The Hall–Kier alpha value is -0.130. The average Bonchev–Trinajstić information content (AvgIpc) is 2.58. The highest BCUT2D eigenvalue weighted by Crippen LogP contribution is 2.33. The fourth-order valence-electron chi connectivity index (χ4n) is 4.81. The van der Waals surface area contributed by atoms with Crippen LogP contribution in [0.5, 0.6) is 0 Å². The summed E-state index contributed by atoms with van der Waals surface area (Å²) in [5.41, 5.74) is 0. The molecular weight excluding hydrogens is 336 g/mol. The maximum absolute atomic E-state index is 11.6. The molecule has 0 saturated heterocycles. The number of sulfone groups is 1. The van der Waals surface area contributed by atoms with E-state index in [2.05, 4.69) is 6.92 Å². The lowest BCUT2D eigenvalue weighted by atomic mass is 9.88. The lowest BCUT2D eigenvalue weighted by molar-refractivity contribution is -0.0935. The first kappa shape index (κ1) is 19.6. The third-order valence-electron chi connectivity index (χ3n) is 6.58. The van der Waals surface area contributed by atoms with Crippen molar-refractivity contribution in [3.63, 3.8) is 0 Å². The second kappa shape index (κ2) is 8.71. The van der Waals surface area contributed by atoms with Crippen LogP contribution in [-0.4, -0.2) is 44.3 Å². The minimum Gasteiger partial charge on any atom is -0.375 e. The molecule has 3 aliphatic carbocycles. The zero-order valence-electron chi connectivity index (χ0n) is 16.0. The first-order valence-corrected chi connectivity index (χ1v) is 12.4. The van der Waals surface area contributed by atoms with E-state index in [4.69, 9.17) is 9.47 Å². The summed E-state index contributed by atoms with van der Waals surface area (Å²) >= 11 is 0. The van der Waals surface area contributed by atoms with Crippen LogP contribution >= 0.6 is 0 Å². The van der Waals surface area contributed by atoms with Crippen molar-refractivity contribution in [2.24, 2.45) is 5.92 Å². The molecule has 0 unspecified atom stereocenters. The maximum Gasteiger partial charge on any atom is 0.150 e. The molecule has 0 spiro atoms. The number of hydrogen-bond donors (Lipinski definition) is 0. The van der Waals surface area contributed by atoms with Gasteiger partial charge in [-0.1, -0.05) is 6.92 Å². The van der Waals surface area contributed by atoms with Gasteiger partial charge < -0.3 is 9.47 Å². The van der Waals surface area contributed by atoms with E-state index in [9.17, 15) is 8.42 Å². The molecule has 0 aromatic carbocycles. The second-order valence-corrected chi connectivity index (χ2v) is 11.1. The number of hydrogen-bond acceptors (Lipinski definition) is 4. The number of ether oxygens (including phenoxy) is 2. The van der Waals surface area contributed by atoms with Crippen LogP contribution in [0.3, 0.4) is 0 Å². The van der Waals surface area contributed by atoms with Crippen LogP contribution in [-0.2, 0) is 19.3 Å². The molecule has 4 nitrogen and oxygen atoms in total. The molecule has 0 bridgehead atoms. The van der Waals surface area contributed by atoms with E-state index in [1.807, 2.05) is 0 Å². The largest absolute Gasteiger partial charge is 0.375 e. The molecule has 0 heterocycles. The monoisotopic (exact) mass is 372 g/mol. The van der Waals surface area contributed by atoms with E-state index in [-0.39, 0.29) is 11.4 Å². The Labute approximate surface area is 154 Å². The smallest absolute Gasteiger partial charge is 0.150 e. The molecule has 0 aromatic rings. The van der Waals surface area contributed by atoms with Gasteiger partial charge in [-0.05, 0) is 83.0 Å². The Balaban J connectivity index is 1.33. The highest BCUT2D eigenvalue weighted by atomic mass is 32.2. The molecule has 5 heteroatoms. The lowest BCUT2D eigenvalue weighted by Crippen LogP contribution is -2.35. The Morgan fingerprint density at radius 2 is 0.920 bits per heavy atom. The van der Waals surface area contributed by atoms with Crippen molar-refractivity contribution < 1.29 is 17.9 Å². The van der Waals surface area contributed by atoms with Crippen LogP contribution < -0.4 is 0 Å². The predicted molar refractivity (Wildman–Crippen MR) is 101 cm³/mol. The Morgan fingerprint density at radius 1 is 0.600 bits per heavy atom. The van der Waals surface area contributed by atoms with Gasteiger partial charge in [0.05, 0.1) is 29.7 Å². The Bertz CT molecular complexity index is 494. The van der Waals surface area contributed by atoms with E-state index < -0.39 is 9.84 Å². The van der Waals surface area contributed by atoms with Crippen molar-refractivity contribution in [2.45, 2.75) is 114 Å². The standard InChI is InChI=1S/C20H36O4S/c1-15-3-5-16(6-4-15)23-17-7-9-18(10-8-17)24-19-11-13-20(14-12-19)25(2,21)22/h15-20H,3-14H2,1-2H3. The van der Waals surface area contributed by atoms with Crippen molar-refractivity contribution in [3.05, 3.63) is 0 Å². The molecule has 0 amide bonds. The minimum absolute atomic E-state index is 0.144. The van der Waals surface area contributed by atoms with Gasteiger partial charge in [0, 0.05) is 6.26 Å². The highest BCUT2D eigenvalue weighted by Gasteiger charge is 2.31. The summed E-state index contributed by atoms with van der Waals surface area (Å²) in [4.78, 5) is 0. The summed E-state index contributed by atoms with van der Waals surface area (Å²) in [6.07, 6.45) is 15.8. The quantitative estimate of drug-likeness (QED) is 0.723. The first-order valence-electron chi connectivity index (χ1n) is 10.4. The molecule has 0 aliphatic heterocycles. The van der Waals surface area contributed by atoms with Crippen molar-refractivity contribution in [3.8, 4) is 0 Å².